The molecule has 1 heterocycles. The number of aliphatic hydroxyl groups is 1. The maximum atomic E-state index is 10.2. The Kier molecular flexibility index (Phi) is 4.39. The smallest absolute Gasteiger partial charge is 0.0768 e. The van der Waals surface area contributed by atoms with Crippen molar-refractivity contribution in [3.05, 3.63) is 0 Å². The highest BCUT2D eigenvalue weighted by atomic mass is 16.3. The van der Waals surface area contributed by atoms with Crippen molar-refractivity contribution in [3.8, 4) is 0 Å². The summed E-state index contributed by atoms with van der Waals surface area (Å²) in [6.45, 7) is 9.68. The topological polar surface area (TPSA) is 23.5 Å². The molecule has 0 amide bonds. The molecule has 1 atom stereocenters. The predicted octanol–water partition coefficient (Wildman–Crippen LogP) is 2.27. The van der Waals surface area contributed by atoms with Gasteiger partial charge in [0.25, 0.3) is 0 Å². The minimum atomic E-state index is -0.447. The van der Waals surface area contributed by atoms with Crippen LogP contribution >= 0.6 is 0 Å². The monoisotopic (exact) mass is 199 g/mol. The third-order valence-corrected chi connectivity index (χ3v) is 3.58. The van der Waals surface area contributed by atoms with Crippen molar-refractivity contribution >= 4 is 0 Å². The highest BCUT2D eigenvalue weighted by molar-refractivity contribution is 4.82. The maximum absolute atomic E-state index is 10.2. The average molecular weight is 199 g/mol. The van der Waals surface area contributed by atoms with Crippen molar-refractivity contribution in [2.75, 3.05) is 19.6 Å². The summed E-state index contributed by atoms with van der Waals surface area (Å²) in [5, 5.41) is 10.2. The number of piperidine rings is 1. The van der Waals surface area contributed by atoms with E-state index in [1.165, 1.54) is 25.9 Å². The molecule has 14 heavy (non-hydrogen) atoms. The SMILES string of the molecule is CCC(O)(CC)CN1CCCC(C)C1. The molecule has 0 saturated carbocycles. The lowest BCUT2D eigenvalue weighted by Crippen LogP contribution is -2.46. The van der Waals surface area contributed by atoms with Gasteiger partial charge in [-0.05, 0) is 38.1 Å². The first-order valence-electron chi connectivity index (χ1n) is 6.04. The third-order valence-electron chi connectivity index (χ3n) is 3.58. The number of hydrogen-bond acceptors (Lipinski definition) is 2. The summed E-state index contributed by atoms with van der Waals surface area (Å²) in [5.74, 6) is 0.807. The molecule has 0 aromatic rings. The summed E-state index contributed by atoms with van der Waals surface area (Å²) in [6.07, 6.45) is 4.39. The quantitative estimate of drug-likeness (QED) is 0.751. The second-order valence-electron chi connectivity index (χ2n) is 4.91. The van der Waals surface area contributed by atoms with Crippen LogP contribution in [-0.2, 0) is 0 Å². The van der Waals surface area contributed by atoms with E-state index in [9.17, 15) is 5.11 Å². The number of likely N-dealkylation sites (tertiary alicyclic amines) is 1. The summed E-state index contributed by atoms with van der Waals surface area (Å²) in [4.78, 5) is 2.43. The van der Waals surface area contributed by atoms with E-state index in [1.807, 2.05) is 0 Å². The van der Waals surface area contributed by atoms with Gasteiger partial charge in [0, 0.05) is 13.1 Å². The summed E-state index contributed by atoms with van der Waals surface area (Å²) in [5.41, 5.74) is -0.447. The van der Waals surface area contributed by atoms with Crippen LogP contribution in [0.5, 0.6) is 0 Å². The first-order valence-corrected chi connectivity index (χ1v) is 6.04. The van der Waals surface area contributed by atoms with Crippen LogP contribution in [-0.4, -0.2) is 35.2 Å². The van der Waals surface area contributed by atoms with Gasteiger partial charge in [0.05, 0.1) is 5.60 Å². The Bertz CT molecular complexity index is 166. The maximum Gasteiger partial charge on any atom is 0.0768 e. The van der Waals surface area contributed by atoms with E-state index in [0.29, 0.717) is 0 Å². The van der Waals surface area contributed by atoms with Gasteiger partial charge in [0.2, 0.25) is 0 Å². The van der Waals surface area contributed by atoms with Crippen LogP contribution in [0, 0.1) is 5.92 Å². The molecule has 1 N–H and O–H groups in total. The Hall–Kier alpha value is -0.0800. The van der Waals surface area contributed by atoms with E-state index in [0.717, 1.165) is 25.3 Å². The molecule has 0 spiro atoms. The van der Waals surface area contributed by atoms with Crippen molar-refractivity contribution in [2.24, 2.45) is 5.92 Å². The van der Waals surface area contributed by atoms with Crippen LogP contribution in [0.3, 0.4) is 0 Å². The zero-order valence-electron chi connectivity index (χ0n) is 9.92. The number of β-amino-alcohol motifs (C(OH)–C–C–N with tert-alkyl or cyclic N) is 1. The van der Waals surface area contributed by atoms with Gasteiger partial charge in [-0.3, -0.25) is 0 Å². The molecule has 1 aliphatic heterocycles. The van der Waals surface area contributed by atoms with Gasteiger partial charge < -0.3 is 10.0 Å². The Morgan fingerprint density at radius 1 is 1.36 bits per heavy atom. The Morgan fingerprint density at radius 2 is 2.00 bits per heavy atom. The van der Waals surface area contributed by atoms with Gasteiger partial charge in [0.1, 0.15) is 0 Å². The van der Waals surface area contributed by atoms with Crippen LogP contribution in [0.4, 0.5) is 0 Å². The predicted molar refractivity (Wildman–Crippen MR) is 60.4 cm³/mol. The summed E-state index contributed by atoms with van der Waals surface area (Å²) in [7, 11) is 0. The number of nitrogens with zero attached hydrogens (tertiary/aromatic N) is 1. The number of rotatable bonds is 4. The van der Waals surface area contributed by atoms with E-state index in [-0.39, 0.29) is 0 Å². The standard InChI is InChI=1S/C12H25NO/c1-4-12(14,5-2)10-13-8-6-7-11(3)9-13/h11,14H,4-10H2,1-3H3. The van der Waals surface area contributed by atoms with E-state index in [2.05, 4.69) is 25.7 Å². The second-order valence-corrected chi connectivity index (χ2v) is 4.91. The van der Waals surface area contributed by atoms with Gasteiger partial charge in [-0.2, -0.15) is 0 Å². The van der Waals surface area contributed by atoms with Crippen molar-refractivity contribution in [1.82, 2.24) is 4.90 Å². The molecule has 0 radical (unpaired) electrons. The second kappa shape index (κ2) is 5.13. The van der Waals surface area contributed by atoms with Crippen molar-refractivity contribution < 1.29 is 5.11 Å². The van der Waals surface area contributed by atoms with Crippen LogP contribution < -0.4 is 0 Å². The van der Waals surface area contributed by atoms with E-state index < -0.39 is 5.60 Å². The molecule has 1 saturated heterocycles. The van der Waals surface area contributed by atoms with Gasteiger partial charge in [-0.25, -0.2) is 0 Å². The molecular formula is C12H25NO. The Morgan fingerprint density at radius 3 is 2.50 bits per heavy atom. The summed E-state index contributed by atoms with van der Waals surface area (Å²) >= 11 is 0. The summed E-state index contributed by atoms with van der Waals surface area (Å²) in [6, 6.07) is 0. The number of hydrogen-bond donors (Lipinski definition) is 1. The zero-order valence-corrected chi connectivity index (χ0v) is 9.92. The van der Waals surface area contributed by atoms with E-state index in [1.54, 1.807) is 0 Å². The zero-order chi connectivity index (χ0) is 10.6. The molecule has 1 unspecified atom stereocenters. The van der Waals surface area contributed by atoms with Crippen molar-refractivity contribution in [1.29, 1.82) is 0 Å². The molecule has 0 aromatic carbocycles. The molecule has 84 valence electrons. The first kappa shape index (κ1) is 12.0. The lowest BCUT2D eigenvalue weighted by atomic mass is 9.94. The molecule has 1 rings (SSSR count). The van der Waals surface area contributed by atoms with Crippen molar-refractivity contribution in [3.63, 3.8) is 0 Å². The molecule has 0 aliphatic carbocycles. The molecule has 2 nitrogen and oxygen atoms in total. The minimum Gasteiger partial charge on any atom is -0.389 e. The normalized spacial score (nSPS) is 25.3. The first-order chi connectivity index (χ1) is 6.59. The largest absolute Gasteiger partial charge is 0.389 e. The fraction of sp³-hybridized carbons (Fsp3) is 1.00. The van der Waals surface area contributed by atoms with Gasteiger partial charge in [-0.15, -0.1) is 0 Å². The minimum absolute atomic E-state index is 0.447. The van der Waals surface area contributed by atoms with Crippen molar-refractivity contribution in [2.45, 2.75) is 52.1 Å². The van der Waals surface area contributed by atoms with Gasteiger partial charge in [0.15, 0.2) is 0 Å². The van der Waals surface area contributed by atoms with Crippen LogP contribution in [0.2, 0.25) is 0 Å². The van der Waals surface area contributed by atoms with Crippen LogP contribution in [0.25, 0.3) is 0 Å². The van der Waals surface area contributed by atoms with Gasteiger partial charge in [-0.1, -0.05) is 20.8 Å². The molecular weight excluding hydrogens is 174 g/mol. The molecule has 1 aliphatic rings. The van der Waals surface area contributed by atoms with E-state index >= 15 is 0 Å². The highest BCUT2D eigenvalue weighted by Gasteiger charge is 2.27. The molecule has 0 aromatic heterocycles. The van der Waals surface area contributed by atoms with E-state index in [4.69, 9.17) is 0 Å². The fourth-order valence-corrected chi connectivity index (χ4v) is 2.32. The lowest BCUT2D eigenvalue weighted by molar-refractivity contribution is -0.0126. The van der Waals surface area contributed by atoms with Crippen LogP contribution in [0.1, 0.15) is 46.5 Å². The van der Waals surface area contributed by atoms with Crippen LogP contribution in [0.15, 0.2) is 0 Å². The third kappa shape index (κ3) is 3.25. The molecule has 2 heteroatoms. The van der Waals surface area contributed by atoms with Gasteiger partial charge >= 0.3 is 0 Å². The molecule has 1 fully saturated rings. The summed E-state index contributed by atoms with van der Waals surface area (Å²) < 4.78 is 0. The fourth-order valence-electron chi connectivity index (χ4n) is 2.32. The lowest BCUT2D eigenvalue weighted by Gasteiger charge is -2.37. The molecule has 0 bridgehead atoms. The Labute approximate surface area is 88.3 Å². The highest BCUT2D eigenvalue weighted by Crippen LogP contribution is 2.21. The average Bonchev–Trinajstić information content (AvgIpc) is 2.18. The Balaban J connectivity index is 2.41.